The van der Waals surface area contributed by atoms with Crippen LogP contribution in [0.1, 0.15) is 0 Å². The summed E-state index contributed by atoms with van der Waals surface area (Å²) < 4.78 is 5.80. The maximum Gasteiger partial charge on any atom is 0.127 e. The van der Waals surface area contributed by atoms with E-state index in [1.54, 1.807) is 0 Å². The molecule has 3 heteroatoms. The number of nitrogen functional groups attached to an aromatic ring is 1. The zero-order valence-electron chi connectivity index (χ0n) is 12.4. The lowest BCUT2D eigenvalue weighted by Crippen LogP contribution is -2.08. The zero-order chi connectivity index (χ0) is 15.4. The van der Waals surface area contributed by atoms with Crippen molar-refractivity contribution in [1.82, 2.24) is 0 Å². The fraction of sp³-hybridized carbons (Fsp3) is 0.0526. The van der Waals surface area contributed by atoms with Crippen molar-refractivity contribution >= 4 is 17.1 Å². The Bertz CT molecular complexity index is 722. The summed E-state index contributed by atoms with van der Waals surface area (Å²) in [6, 6.07) is 25.6. The second-order valence-electron chi connectivity index (χ2n) is 5.06. The summed E-state index contributed by atoms with van der Waals surface area (Å²) in [6.07, 6.45) is 0. The Morgan fingerprint density at radius 1 is 0.682 bits per heavy atom. The molecule has 110 valence electrons. The first-order valence-corrected chi connectivity index (χ1v) is 7.14. The van der Waals surface area contributed by atoms with Crippen LogP contribution >= 0.6 is 0 Å². The monoisotopic (exact) mass is 290 g/mol. The number of hydrogen-bond acceptors (Lipinski definition) is 3. The summed E-state index contributed by atoms with van der Waals surface area (Å²) in [6.45, 7) is 0. The average Bonchev–Trinajstić information content (AvgIpc) is 2.58. The van der Waals surface area contributed by atoms with Gasteiger partial charge in [0.25, 0.3) is 0 Å². The average molecular weight is 290 g/mol. The van der Waals surface area contributed by atoms with Gasteiger partial charge in [-0.1, -0.05) is 18.2 Å². The molecule has 0 aromatic heterocycles. The second kappa shape index (κ2) is 6.22. The first-order valence-electron chi connectivity index (χ1n) is 7.14. The van der Waals surface area contributed by atoms with Gasteiger partial charge in [0, 0.05) is 24.1 Å². The number of ether oxygens (including phenoxy) is 1. The third kappa shape index (κ3) is 3.20. The lowest BCUT2D eigenvalue weighted by Gasteiger charge is -2.19. The quantitative estimate of drug-likeness (QED) is 0.699. The van der Waals surface area contributed by atoms with Gasteiger partial charge in [0.2, 0.25) is 0 Å². The minimum absolute atomic E-state index is 0.729. The van der Waals surface area contributed by atoms with Crippen LogP contribution in [0.5, 0.6) is 11.5 Å². The number of nitrogens with zero attached hydrogens (tertiary/aromatic N) is 1. The van der Waals surface area contributed by atoms with Gasteiger partial charge < -0.3 is 15.4 Å². The molecule has 0 aliphatic heterocycles. The summed E-state index contributed by atoms with van der Waals surface area (Å²) in [7, 11) is 2.05. The van der Waals surface area contributed by atoms with Crippen molar-refractivity contribution in [2.75, 3.05) is 17.7 Å². The van der Waals surface area contributed by atoms with Crippen molar-refractivity contribution in [2.45, 2.75) is 0 Å². The molecule has 0 fully saturated rings. The first-order chi connectivity index (χ1) is 10.7. The van der Waals surface area contributed by atoms with Crippen molar-refractivity contribution < 1.29 is 4.74 Å². The molecule has 3 aromatic rings. The van der Waals surface area contributed by atoms with Crippen LogP contribution in [0.25, 0.3) is 0 Å². The lowest BCUT2D eigenvalue weighted by molar-refractivity contribution is 0.483. The van der Waals surface area contributed by atoms with Gasteiger partial charge in [-0.2, -0.15) is 0 Å². The Balaban J connectivity index is 1.74. The van der Waals surface area contributed by atoms with E-state index in [-0.39, 0.29) is 0 Å². The minimum Gasteiger partial charge on any atom is -0.457 e. The molecule has 2 N–H and O–H groups in total. The summed E-state index contributed by atoms with van der Waals surface area (Å²) in [5, 5.41) is 0. The minimum atomic E-state index is 0.729. The lowest BCUT2D eigenvalue weighted by atomic mass is 10.2. The van der Waals surface area contributed by atoms with E-state index < -0.39 is 0 Å². The molecule has 22 heavy (non-hydrogen) atoms. The third-order valence-corrected chi connectivity index (χ3v) is 3.48. The largest absolute Gasteiger partial charge is 0.457 e. The van der Waals surface area contributed by atoms with Gasteiger partial charge in [0.1, 0.15) is 11.5 Å². The number of hydrogen-bond donors (Lipinski definition) is 1. The molecular formula is C19H18N2O. The second-order valence-corrected chi connectivity index (χ2v) is 5.06. The van der Waals surface area contributed by atoms with E-state index in [0.717, 1.165) is 28.6 Å². The normalized spacial score (nSPS) is 10.2. The van der Waals surface area contributed by atoms with Crippen LogP contribution < -0.4 is 15.4 Å². The van der Waals surface area contributed by atoms with Crippen LogP contribution in [0.3, 0.4) is 0 Å². The van der Waals surface area contributed by atoms with E-state index in [1.807, 2.05) is 73.8 Å². The van der Waals surface area contributed by atoms with Crippen LogP contribution in [0.2, 0.25) is 0 Å². The third-order valence-electron chi connectivity index (χ3n) is 3.48. The van der Waals surface area contributed by atoms with Crippen molar-refractivity contribution in [3.05, 3.63) is 78.9 Å². The molecule has 0 radical (unpaired) electrons. The maximum absolute atomic E-state index is 5.80. The van der Waals surface area contributed by atoms with Gasteiger partial charge in [0.05, 0.1) is 0 Å². The molecule has 3 aromatic carbocycles. The zero-order valence-corrected chi connectivity index (χ0v) is 12.4. The topological polar surface area (TPSA) is 38.5 Å². The molecule has 0 atom stereocenters. The SMILES string of the molecule is CN(c1ccccc1)c1ccc(Oc2ccc(N)cc2)cc1. The van der Waals surface area contributed by atoms with Gasteiger partial charge in [-0.05, 0) is 60.7 Å². The molecule has 0 aliphatic rings. The van der Waals surface area contributed by atoms with Crippen LogP contribution in [0.15, 0.2) is 78.9 Å². The highest BCUT2D eigenvalue weighted by Crippen LogP contribution is 2.27. The number of nitrogens with two attached hydrogens (primary N) is 1. The summed E-state index contributed by atoms with van der Waals surface area (Å²) in [5.74, 6) is 1.58. The first kappa shape index (κ1) is 14.0. The molecule has 0 heterocycles. The highest BCUT2D eigenvalue weighted by Gasteiger charge is 2.04. The maximum atomic E-state index is 5.80. The Hall–Kier alpha value is -2.94. The number of benzene rings is 3. The van der Waals surface area contributed by atoms with E-state index in [4.69, 9.17) is 10.5 Å². The fourth-order valence-electron chi connectivity index (χ4n) is 2.21. The fourth-order valence-corrected chi connectivity index (χ4v) is 2.21. The van der Waals surface area contributed by atoms with Crippen LogP contribution in [0, 0.1) is 0 Å². The summed E-state index contributed by atoms with van der Waals surface area (Å²) >= 11 is 0. The van der Waals surface area contributed by atoms with Gasteiger partial charge in [-0.3, -0.25) is 0 Å². The van der Waals surface area contributed by atoms with Gasteiger partial charge in [-0.25, -0.2) is 0 Å². The summed E-state index contributed by atoms with van der Waals surface area (Å²) in [5.41, 5.74) is 8.65. The van der Waals surface area contributed by atoms with Crippen molar-refractivity contribution in [1.29, 1.82) is 0 Å². The Labute approximate surface area is 130 Å². The van der Waals surface area contributed by atoms with E-state index in [2.05, 4.69) is 17.0 Å². The molecule has 0 saturated heterocycles. The number of rotatable bonds is 4. The molecule has 3 nitrogen and oxygen atoms in total. The Kier molecular flexibility index (Phi) is 3.97. The van der Waals surface area contributed by atoms with Crippen LogP contribution in [0.4, 0.5) is 17.1 Å². The van der Waals surface area contributed by atoms with Crippen molar-refractivity contribution in [3.8, 4) is 11.5 Å². The van der Waals surface area contributed by atoms with Crippen molar-refractivity contribution in [3.63, 3.8) is 0 Å². The predicted molar refractivity (Wildman–Crippen MR) is 91.9 cm³/mol. The van der Waals surface area contributed by atoms with E-state index in [9.17, 15) is 0 Å². The smallest absolute Gasteiger partial charge is 0.127 e. The standard InChI is InChI=1S/C19H18N2O/c1-21(16-5-3-2-4-6-16)17-9-13-19(14-10-17)22-18-11-7-15(20)8-12-18/h2-14H,20H2,1H3. The Morgan fingerprint density at radius 2 is 1.18 bits per heavy atom. The molecule has 0 spiro atoms. The van der Waals surface area contributed by atoms with Gasteiger partial charge in [0.15, 0.2) is 0 Å². The van der Waals surface area contributed by atoms with E-state index in [1.165, 1.54) is 0 Å². The summed E-state index contributed by atoms with van der Waals surface area (Å²) in [4.78, 5) is 2.13. The number of anilines is 3. The highest BCUT2D eigenvalue weighted by molar-refractivity contribution is 5.63. The highest BCUT2D eigenvalue weighted by atomic mass is 16.5. The van der Waals surface area contributed by atoms with E-state index >= 15 is 0 Å². The molecular weight excluding hydrogens is 272 g/mol. The molecule has 0 unspecified atom stereocenters. The molecule has 3 rings (SSSR count). The molecule has 0 aliphatic carbocycles. The number of para-hydroxylation sites is 1. The molecule has 0 saturated carbocycles. The van der Waals surface area contributed by atoms with Gasteiger partial charge >= 0.3 is 0 Å². The predicted octanol–water partition coefficient (Wildman–Crippen LogP) is 4.83. The Morgan fingerprint density at radius 3 is 1.77 bits per heavy atom. The van der Waals surface area contributed by atoms with Crippen molar-refractivity contribution in [2.24, 2.45) is 0 Å². The van der Waals surface area contributed by atoms with Crippen LogP contribution in [-0.2, 0) is 0 Å². The van der Waals surface area contributed by atoms with E-state index in [0.29, 0.717) is 0 Å². The molecule has 0 amide bonds. The van der Waals surface area contributed by atoms with Gasteiger partial charge in [-0.15, -0.1) is 0 Å². The molecule has 0 bridgehead atoms. The van der Waals surface area contributed by atoms with Crippen LogP contribution in [-0.4, -0.2) is 7.05 Å².